The lowest BCUT2D eigenvalue weighted by molar-refractivity contribution is -0.491. The van der Waals surface area contributed by atoms with Crippen LogP contribution in [0.3, 0.4) is 0 Å². The van der Waals surface area contributed by atoms with Gasteiger partial charge in [-0.2, -0.15) is 0 Å². The van der Waals surface area contributed by atoms with Gasteiger partial charge in [0.05, 0.1) is 0 Å². The number of halogens is 1. The Hall–Kier alpha value is -0.970. The van der Waals surface area contributed by atoms with Gasteiger partial charge in [0.15, 0.2) is 0 Å². The van der Waals surface area contributed by atoms with E-state index < -0.39 is 22.0 Å². The molecule has 10 heavy (non-hydrogen) atoms. The second-order valence-corrected chi connectivity index (χ2v) is 1.98. The molecule has 0 saturated heterocycles. The van der Waals surface area contributed by atoms with Gasteiger partial charge in [-0.05, 0) is 11.6 Å². The van der Waals surface area contributed by atoms with Crippen LogP contribution in [0.25, 0.3) is 0 Å². The van der Waals surface area contributed by atoms with Gasteiger partial charge >= 0.3 is 11.3 Å². The molecule has 0 fully saturated rings. The predicted octanol–water partition coefficient (Wildman–Crippen LogP) is -0.0139. The number of nitrogens with zero attached hydrogens (tertiary/aromatic N) is 1. The van der Waals surface area contributed by atoms with Crippen molar-refractivity contribution in [3.63, 3.8) is 0 Å². The lowest BCUT2D eigenvalue weighted by Gasteiger charge is -1.96. The number of carbonyl (C=O) groups is 2. The summed E-state index contributed by atoms with van der Waals surface area (Å²) in [6.07, 6.45) is 0. The molecule has 0 aliphatic heterocycles. The lowest BCUT2D eigenvalue weighted by atomic mass is 10.2. The molecule has 0 amide bonds. The maximum atomic E-state index is 10.3. The Bertz CT molecular complexity index is 156. The Morgan fingerprint density at radius 1 is 1.60 bits per heavy atom. The topological polar surface area (TPSA) is 77.3 Å². The minimum Gasteiger partial charge on any atom is -0.292 e. The number of hydrogen-bond donors (Lipinski definition) is 0. The van der Waals surface area contributed by atoms with Gasteiger partial charge in [0.25, 0.3) is 0 Å². The van der Waals surface area contributed by atoms with Crippen molar-refractivity contribution in [1.29, 1.82) is 0 Å². The number of hydrogen-bond acceptors (Lipinski definition) is 4. The first kappa shape index (κ1) is 9.03. The summed E-state index contributed by atoms with van der Waals surface area (Å²) in [5, 5.41) is 8.61. The van der Waals surface area contributed by atoms with E-state index in [1.165, 1.54) is 0 Å². The van der Waals surface area contributed by atoms with Crippen LogP contribution in [0.5, 0.6) is 0 Å². The first-order valence-corrected chi connectivity index (χ1v) is 2.68. The van der Waals surface area contributed by atoms with Crippen molar-refractivity contribution in [1.82, 2.24) is 0 Å². The van der Waals surface area contributed by atoms with Crippen LogP contribution in [0.1, 0.15) is 6.92 Å². The molecule has 0 aliphatic carbocycles. The van der Waals surface area contributed by atoms with Gasteiger partial charge in [-0.3, -0.25) is 19.7 Å². The quantitative estimate of drug-likeness (QED) is 0.255. The molecule has 0 spiro atoms. The van der Waals surface area contributed by atoms with Gasteiger partial charge in [0, 0.05) is 11.8 Å². The number of Topliss-reactive ketones (excluding diaryl/α,β-unsaturated/α-hetero) is 1. The molecule has 0 aliphatic rings. The first-order valence-electron chi connectivity index (χ1n) is 2.30. The van der Waals surface area contributed by atoms with Gasteiger partial charge < -0.3 is 0 Å². The SMILES string of the molecule is CC(=O)C(C(=O)Cl)[N+](=O)[O-]. The summed E-state index contributed by atoms with van der Waals surface area (Å²) >= 11 is 4.73. The summed E-state index contributed by atoms with van der Waals surface area (Å²) in [7, 11) is 0. The fraction of sp³-hybridized carbons (Fsp3) is 0.500. The minimum atomic E-state index is -1.90. The van der Waals surface area contributed by atoms with Crippen LogP contribution < -0.4 is 0 Å². The third-order valence-corrected chi connectivity index (χ3v) is 1.02. The third kappa shape index (κ3) is 2.10. The van der Waals surface area contributed by atoms with E-state index in [9.17, 15) is 19.7 Å². The van der Waals surface area contributed by atoms with E-state index in [1.807, 2.05) is 0 Å². The summed E-state index contributed by atoms with van der Waals surface area (Å²) in [6.45, 7) is 0.938. The fourth-order valence-electron chi connectivity index (χ4n) is 0.391. The second-order valence-electron chi connectivity index (χ2n) is 1.60. The van der Waals surface area contributed by atoms with Gasteiger partial charge in [0.2, 0.25) is 5.78 Å². The summed E-state index contributed by atoms with van der Waals surface area (Å²) in [5.41, 5.74) is 0. The van der Waals surface area contributed by atoms with Crippen molar-refractivity contribution < 1.29 is 14.5 Å². The number of ketones is 1. The summed E-state index contributed by atoms with van der Waals surface area (Å²) in [6, 6.07) is -1.90. The highest BCUT2D eigenvalue weighted by molar-refractivity contribution is 6.66. The molecule has 0 saturated carbocycles. The maximum absolute atomic E-state index is 10.3. The maximum Gasteiger partial charge on any atom is 0.341 e. The largest absolute Gasteiger partial charge is 0.341 e. The van der Waals surface area contributed by atoms with Crippen LogP contribution in [-0.4, -0.2) is 22.0 Å². The van der Waals surface area contributed by atoms with Crippen LogP contribution in [0.4, 0.5) is 0 Å². The van der Waals surface area contributed by atoms with E-state index in [-0.39, 0.29) is 0 Å². The fourth-order valence-corrected chi connectivity index (χ4v) is 0.624. The number of rotatable bonds is 3. The van der Waals surface area contributed by atoms with Gasteiger partial charge in [-0.25, -0.2) is 0 Å². The molecule has 1 atom stereocenters. The molecule has 0 radical (unpaired) electrons. The third-order valence-electron chi connectivity index (χ3n) is 0.811. The summed E-state index contributed by atoms with van der Waals surface area (Å²) in [5.74, 6) is -0.856. The Balaban J connectivity index is 4.43. The van der Waals surface area contributed by atoms with E-state index >= 15 is 0 Å². The molecule has 0 N–H and O–H groups in total. The average molecular weight is 166 g/mol. The second kappa shape index (κ2) is 3.26. The van der Waals surface area contributed by atoms with Crippen LogP contribution in [0, 0.1) is 10.1 Å². The lowest BCUT2D eigenvalue weighted by Crippen LogP contribution is -2.32. The molecule has 56 valence electrons. The van der Waals surface area contributed by atoms with E-state index in [2.05, 4.69) is 0 Å². The molecule has 6 heteroatoms. The van der Waals surface area contributed by atoms with Crippen molar-refractivity contribution in [3.05, 3.63) is 10.1 Å². The molecule has 5 nitrogen and oxygen atoms in total. The summed E-state index contributed by atoms with van der Waals surface area (Å²) in [4.78, 5) is 29.3. The molecule has 0 heterocycles. The van der Waals surface area contributed by atoms with Crippen molar-refractivity contribution >= 4 is 22.6 Å². The van der Waals surface area contributed by atoms with Gasteiger partial charge in [0.1, 0.15) is 0 Å². The highest BCUT2D eigenvalue weighted by Gasteiger charge is 2.32. The Kier molecular flexibility index (Phi) is 2.95. The monoisotopic (exact) mass is 165 g/mol. The molecule has 0 aromatic carbocycles. The van der Waals surface area contributed by atoms with E-state index in [1.54, 1.807) is 0 Å². The molecular weight excluding hydrogens is 161 g/mol. The van der Waals surface area contributed by atoms with Gasteiger partial charge in [-0.1, -0.05) is 0 Å². The average Bonchev–Trinajstić information content (AvgIpc) is 1.59. The van der Waals surface area contributed by atoms with Gasteiger partial charge in [-0.15, -0.1) is 0 Å². The molecule has 0 bridgehead atoms. The van der Waals surface area contributed by atoms with Crippen molar-refractivity contribution in [2.45, 2.75) is 13.0 Å². The van der Waals surface area contributed by atoms with Crippen molar-refractivity contribution in [2.24, 2.45) is 0 Å². The Morgan fingerprint density at radius 2 is 2.00 bits per heavy atom. The van der Waals surface area contributed by atoms with Crippen LogP contribution in [0.15, 0.2) is 0 Å². The van der Waals surface area contributed by atoms with Crippen molar-refractivity contribution in [2.75, 3.05) is 0 Å². The van der Waals surface area contributed by atoms with E-state index in [0.29, 0.717) is 0 Å². The first-order chi connectivity index (χ1) is 4.46. The molecule has 0 rings (SSSR count). The zero-order valence-corrected chi connectivity index (χ0v) is 5.79. The normalized spacial score (nSPS) is 12.2. The molecule has 1 unspecified atom stereocenters. The van der Waals surface area contributed by atoms with Crippen LogP contribution >= 0.6 is 11.6 Å². The van der Waals surface area contributed by atoms with E-state index in [4.69, 9.17) is 11.6 Å². The van der Waals surface area contributed by atoms with Crippen LogP contribution in [0.2, 0.25) is 0 Å². The number of carbonyl (C=O) groups excluding carboxylic acids is 2. The minimum absolute atomic E-state index is 0.856. The highest BCUT2D eigenvalue weighted by Crippen LogP contribution is 1.97. The number of nitro groups is 1. The standard InChI is InChI=1S/C4H4ClNO4/c1-2(7)3(4(5)8)6(9)10/h3H,1H3. The molecular formula is C4H4ClNO4. The smallest absolute Gasteiger partial charge is 0.292 e. The van der Waals surface area contributed by atoms with E-state index in [0.717, 1.165) is 6.92 Å². The zero-order chi connectivity index (χ0) is 8.31. The van der Waals surface area contributed by atoms with Crippen molar-refractivity contribution in [3.8, 4) is 0 Å². The predicted molar refractivity (Wildman–Crippen MR) is 32.3 cm³/mol. The summed E-state index contributed by atoms with van der Waals surface area (Å²) < 4.78 is 0. The Morgan fingerprint density at radius 3 is 2.00 bits per heavy atom. The molecule has 0 aromatic rings. The highest BCUT2D eigenvalue weighted by atomic mass is 35.5. The molecule has 0 aromatic heterocycles. The van der Waals surface area contributed by atoms with Crippen LogP contribution in [-0.2, 0) is 9.59 Å². The Labute approximate surface area is 61.1 Å². The zero-order valence-electron chi connectivity index (χ0n) is 5.04.